The van der Waals surface area contributed by atoms with Crippen LogP contribution in [0.2, 0.25) is 0 Å². The molecule has 3 N–H and O–H groups in total. The van der Waals surface area contributed by atoms with Crippen molar-refractivity contribution < 1.29 is 4.79 Å². The first-order valence-electron chi connectivity index (χ1n) is 8.27. The largest absolute Gasteiger partial charge is 0.330 e. The number of halogens is 1. The molecule has 0 saturated heterocycles. The second-order valence-corrected chi connectivity index (χ2v) is 5.82. The monoisotopic (exact) mass is 350 g/mol. The SMILES string of the molecule is Cc1cc(NC(=O)CCCCCCN)n(Cc2ccccc2)n1.Cl. The molecule has 24 heavy (non-hydrogen) atoms. The van der Waals surface area contributed by atoms with Crippen molar-refractivity contribution >= 4 is 24.1 Å². The predicted molar refractivity (Wildman–Crippen MR) is 101 cm³/mol. The van der Waals surface area contributed by atoms with Gasteiger partial charge >= 0.3 is 0 Å². The summed E-state index contributed by atoms with van der Waals surface area (Å²) in [6.45, 7) is 3.31. The molecule has 0 unspecified atom stereocenters. The van der Waals surface area contributed by atoms with Gasteiger partial charge in [0.1, 0.15) is 5.82 Å². The number of nitrogens with zero attached hydrogens (tertiary/aromatic N) is 2. The van der Waals surface area contributed by atoms with Crippen LogP contribution in [0.4, 0.5) is 5.82 Å². The Kier molecular flexibility index (Phi) is 9.12. The highest BCUT2D eigenvalue weighted by Gasteiger charge is 2.09. The van der Waals surface area contributed by atoms with E-state index in [2.05, 4.69) is 22.5 Å². The third kappa shape index (κ3) is 6.72. The van der Waals surface area contributed by atoms with Crippen LogP contribution in [-0.2, 0) is 11.3 Å². The Labute approximate surface area is 150 Å². The minimum Gasteiger partial charge on any atom is -0.330 e. The summed E-state index contributed by atoms with van der Waals surface area (Å²) in [6.07, 6.45) is 4.62. The van der Waals surface area contributed by atoms with Crippen molar-refractivity contribution in [2.24, 2.45) is 5.73 Å². The van der Waals surface area contributed by atoms with Crippen LogP contribution >= 0.6 is 12.4 Å². The molecule has 0 fully saturated rings. The number of hydrogen-bond donors (Lipinski definition) is 2. The van der Waals surface area contributed by atoms with Crippen molar-refractivity contribution in [3.8, 4) is 0 Å². The molecule has 0 aliphatic carbocycles. The summed E-state index contributed by atoms with van der Waals surface area (Å²) < 4.78 is 1.84. The molecule has 0 aliphatic heterocycles. The Balaban J connectivity index is 0.00000288. The molecule has 6 heteroatoms. The Morgan fingerprint density at radius 2 is 1.88 bits per heavy atom. The highest BCUT2D eigenvalue weighted by atomic mass is 35.5. The Hall–Kier alpha value is -1.85. The van der Waals surface area contributed by atoms with E-state index in [9.17, 15) is 4.79 Å². The van der Waals surface area contributed by atoms with Crippen LogP contribution in [0.5, 0.6) is 0 Å². The maximum atomic E-state index is 12.1. The molecule has 132 valence electrons. The van der Waals surface area contributed by atoms with Gasteiger partial charge in [-0.1, -0.05) is 43.2 Å². The van der Waals surface area contributed by atoms with E-state index >= 15 is 0 Å². The molecule has 1 amide bonds. The summed E-state index contributed by atoms with van der Waals surface area (Å²) in [6, 6.07) is 12.0. The molecular weight excluding hydrogens is 324 g/mol. The number of nitrogens with two attached hydrogens (primary N) is 1. The summed E-state index contributed by atoms with van der Waals surface area (Å²) in [4.78, 5) is 12.1. The number of unbranched alkanes of at least 4 members (excludes halogenated alkanes) is 3. The van der Waals surface area contributed by atoms with Gasteiger partial charge in [-0.05, 0) is 31.9 Å². The Bertz CT molecular complexity index is 613. The van der Waals surface area contributed by atoms with E-state index in [0.717, 1.165) is 49.3 Å². The number of carbonyl (C=O) groups is 1. The number of anilines is 1. The van der Waals surface area contributed by atoms with E-state index in [1.54, 1.807) is 0 Å². The topological polar surface area (TPSA) is 72.9 Å². The molecule has 0 saturated carbocycles. The van der Waals surface area contributed by atoms with Crippen LogP contribution in [0, 0.1) is 6.92 Å². The van der Waals surface area contributed by atoms with Crippen molar-refractivity contribution in [3.05, 3.63) is 47.7 Å². The van der Waals surface area contributed by atoms with E-state index in [0.29, 0.717) is 13.0 Å². The molecule has 2 rings (SSSR count). The third-order valence-electron chi connectivity index (χ3n) is 3.70. The second kappa shape index (κ2) is 10.8. The van der Waals surface area contributed by atoms with Gasteiger partial charge in [0.15, 0.2) is 0 Å². The summed E-state index contributed by atoms with van der Waals surface area (Å²) in [5.74, 6) is 0.810. The number of hydrogen-bond acceptors (Lipinski definition) is 3. The number of aryl methyl sites for hydroxylation is 1. The Morgan fingerprint density at radius 3 is 2.58 bits per heavy atom. The van der Waals surface area contributed by atoms with Gasteiger partial charge in [0, 0.05) is 12.5 Å². The zero-order chi connectivity index (χ0) is 16.5. The van der Waals surface area contributed by atoms with Crippen molar-refractivity contribution in [1.29, 1.82) is 0 Å². The van der Waals surface area contributed by atoms with Gasteiger partial charge in [-0.15, -0.1) is 12.4 Å². The van der Waals surface area contributed by atoms with E-state index in [-0.39, 0.29) is 18.3 Å². The normalized spacial score (nSPS) is 10.2. The first kappa shape index (κ1) is 20.2. The first-order chi connectivity index (χ1) is 11.2. The molecule has 0 aliphatic rings. The lowest BCUT2D eigenvalue weighted by molar-refractivity contribution is -0.116. The number of aromatic nitrogens is 2. The quantitative estimate of drug-likeness (QED) is 0.680. The number of carbonyl (C=O) groups excluding carboxylic acids is 1. The Morgan fingerprint density at radius 1 is 1.17 bits per heavy atom. The summed E-state index contributed by atoms with van der Waals surface area (Å²) in [5, 5.41) is 7.45. The van der Waals surface area contributed by atoms with Gasteiger partial charge in [-0.3, -0.25) is 4.79 Å². The van der Waals surface area contributed by atoms with Crippen LogP contribution in [0.15, 0.2) is 36.4 Å². The van der Waals surface area contributed by atoms with Gasteiger partial charge in [-0.2, -0.15) is 5.10 Å². The van der Waals surface area contributed by atoms with Crippen LogP contribution in [-0.4, -0.2) is 22.2 Å². The summed E-state index contributed by atoms with van der Waals surface area (Å²) in [5.41, 5.74) is 7.53. The standard InChI is InChI=1S/C18H26N4O.ClH/c1-15-13-17(20-18(23)11-7-2-3-8-12-19)22(21-15)14-16-9-5-4-6-10-16;/h4-6,9-10,13H,2-3,7-8,11-12,14,19H2,1H3,(H,20,23);1H. The van der Waals surface area contributed by atoms with Crippen LogP contribution in [0.3, 0.4) is 0 Å². The maximum absolute atomic E-state index is 12.1. The van der Waals surface area contributed by atoms with Gasteiger partial charge in [0.05, 0.1) is 12.2 Å². The highest BCUT2D eigenvalue weighted by molar-refractivity contribution is 5.89. The molecule has 0 radical (unpaired) electrons. The smallest absolute Gasteiger partial charge is 0.225 e. The van der Waals surface area contributed by atoms with Crippen molar-refractivity contribution in [2.75, 3.05) is 11.9 Å². The van der Waals surface area contributed by atoms with Gasteiger partial charge in [-0.25, -0.2) is 4.68 Å². The van der Waals surface area contributed by atoms with Crippen LogP contribution < -0.4 is 11.1 Å². The minimum atomic E-state index is 0. The third-order valence-corrected chi connectivity index (χ3v) is 3.70. The molecule has 0 bridgehead atoms. The lowest BCUT2D eigenvalue weighted by Crippen LogP contribution is -2.15. The number of rotatable bonds is 9. The lowest BCUT2D eigenvalue weighted by Gasteiger charge is -2.09. The molecule has 1 aromatic carbocycles. The molecule has 0 atom stereocenters. The lowest BCUT2D eigenvalue weighted by atomic mass is 10.1. The second-order valence-electron chi connectivity index (χ2n) is 5.82. The van der Waals surface area contributed by atoms with E-state index in [1.807, 2.05) is 35.9 Å². The average Bonchev–Trinajstić information content (AvgIpc) is 2.87. The number of nitrogens with one attached hydrogen (secondary N) is 1. The fraction of sp³-hybridized carbons (Fsp3) is 0.444. The summed E-state index contributed by atoms with van der Waals surface area (Å²) >= 11 is 0. The molecule has 1 heterocycles. The predicted octanol–water partition coefficient (Wildman–Crippen LogP) is 3.51. The van der Waals surface area contributed by atoms with Crippen molar-refractivity contribution in [1.82, 2.24) is 9.78 Å². The zero-order valence-corrected chi connectivity index (χ0v) is 15.0. The van der Waals surface area contributed by atoms with Crippen molar-refractivity contribution in [3.63, 3.8) is 0 Å². The fourth-order valence-electron chi connectivity index (χ4n) is 2.51. The zero-order valence-electron chi connectivity index (χ0n) is 14.2. The van der Waals surface area contributed by atoms with Gasteiger partial charge in [0.2, 0.25) is 5.91 Å². The van der Waals surface area contributed by atoms with E-state index < -0.39 is 0 Å². The first-order valence-corrected chi connectivity index (χ1v) is 8.27. The van der Waals surface area contributed by atoms with Gasteiger partial charge in [0.25, 0.3) is 0 Å². The number of benzene rings is 1. The van der Waals surface area contributed by atoms with Crippen LogP contribution in [0.25, 0.3) is 0 Å². The molecule has 5 nitrogen and oxygen atoms in total. The van der Waals surface area contributed by atoms with E-state index in [4.69, 9.17) is 5.73 Å². The van der Waals surface area contributed by atoms with E-state index in [1.165, 1.54) is 0 Å². The maximum Gasteiger partial charge on any atom is 0.225 e. The highest BCUT2D eigenvalue weighted by Crippen LogP contribution is 2.14. The molecule has 2 aromatic rings. The number of amides is 1. The molecular formula is C18H27ClN4O. The minimum absolute atomic E-state index is 0. The van der Waals surface area contributed by atoms with Crippen molar-refractivity contribution in [2.45, 2.75) is 45.6 Å². The molecule has 1 aromatic heterocycles. The van der Waals surface area contributed by atoms with Crippen LogP contribution in [0.1, 0.15) is 43.4 Å². The summed E-state index contributed by atoms with van der Waals surface area (Å²) in [7, 11) is 0. The fourth-order valence-corrected chi connectivity index (χ4v) is 2.51. The molecule has 0 spiro atoms. The average molecular weight is 351 g/mol. The van der Waals surface area contributed by atoms with Gasteiger partial charge < -0.3 is 11.1 Å².